The molecule has 0 aromatic heterocycles. The van der Waals surface area contributed by atoms with Gasteiger partial charge in [0.15, 0.2) is 0 Å². The smallest absolute Gasteiger partial charge is 0.235 e. The Labute approximate surface area is 89.7 Å². The number of hydrogen-bond donors (Lipinski definition) is 1. The third-order valence-corrected chi connectivity index (χ3v) is 4.57. The van der Waals surface area contributed by atoms with E-state index in [4.69, 9.17) is 5.73 Å². The molecule has 0 unspecified atom stereocenters. The van der Waals surface area contributed by atoms with Crippen molar-refractivity contribution in [3.05, 3.63) is 23.8 Å². The number of nitrogens with zero attached hydrogens (tertiary/aromatic N) is 1. The highest BCUT2D eigenvalue weighted by molar-refractivity contribution is 7.93. The van der Waals surface area contributed by atoms with E-state index in [9.17, 15) is 8.42 Å². The van der Waals surface area contributed by atoms with Gasteiger partial charge in [-0.1, -0.05) is 6.07 Å². The maximum absolute atomic E-state index is 11.7. The van der Waals surface area contributed by atoms with Gasteiger partial charge in [0.2, 0.25) is 10.0 Å². The molecule has 1 heterocycles. The molecule has 82 valence electrons. The Morgan fingerprint density at radius 2 is 2.13 bits per heavy atom. The number of hydrogen-bond acceptors (Lipinski definition) is 3. The fourth-order valence-electron chi connectivity index (χ4n) is 1.82. The van der Waals surface area contributed by atoms with Crippen LogP contribution in [-0.2, 0) is 10.0 Å². The van der Waals surface area contributed by atoms with Gasteiger partial charge < -0.3 is 5.73 Å². The highest BCUT2D eigenvalue weighted by Gasteiger charge is 2.29. The molecule has 2 N–H and O–H groups in total. The second-order valence-electron chi connectivity index (χ2n) is 3.73. The van der Waals surface area contributed by atoms with Gasteiger partial charge in [0.1, 0.15) is 0 Å². The Kier molecular flexibility index (Phi) is 2.34. The van der Waals surface area contributed by atoms with Gasteiger partial charge in [0, 0.05) is 12.2 Å². The monoisotopic (exact) mass is 226 g/mol. The molecule has 0 spiro atoms. The summed E-state index contributed by atoms with van der Waals surface area (Å²) in [6.07, 6.45) is 0.691. The number of rotatable bonds is 1. The summed E-state index contributed by atoms with van der Waals surface area (Å²) in [6, 6.07) is 5.36. The van der Waals surface area contributed by atoms with Crippen LogP contribution in [0, 0.1) is 6.92 Å². The van der Waals surface area contributed by atoms with E-state index in [1.54, 1.807) is 18.2 Å². The van der Waals surface area contributed by atoms with Gasteiger partial charge in [-0.3, -0.25) is 4.31 Å². The van der Waals surface area contributed by atoms with E-state index in [0.717, 1.165) is 5.56 Å². The average molecular weight is 226 g/mol. The van der Waals surface area contributed by atoms with Crippen LogP contribution in [0.25, 0.3) is 0 Å². The van der Waals surface area contributed by atoms with Crippen molar-refractivity contribution < 1.29 is 8.42 Å². The van der Waals surface area contributed by atoms with Gasteiger partial charge in [-0.15, -0.1) is 0 Å². The molecule has 4 nitrogen and oxygen atoms in total. The maximum atomic E-state index is 11.7. The van der Waals surface area contributed by atoms with Gasteiger partial charge in [-0.2, -0.15) is 0 Å². The molecule has 0 atom stereocenters. The molecule has 2 rings (SSSR count). The van der Waals surface area contributed by atoms with Crippen LogP contribution in [0.15, 0.2) is 18.2 Å². The van der Waals surface area contributed by atoms with Crippen LogP contribution in [0.1, 0.15) is 12.0 Å². The zero-order chi connectivity index (χ0) is 11.1. The second-order valence-corrected chi connectivity index (χ2v) is 5.75. The van der Waals surface area contributed by atoms with Gasteiger partial charge >= 0.3 is 0 Å². The average Bonchev–Trinajstić information content (AvgIpc) is 2.50. The first-order chi connectivity index (χ1) is 7.02. The summed E-state index contributed by atoms with van der Waals surface area (Å²) in [4.78, 5) is 0. The van der Waals surface area contributed by atoms with Crippen LogP contribution >= 0.6 is 0 Å². The van der Waals surface area contributed by atoms with Crippen molar-refractivity contribution in [2.45, 2.75) is 13.3 Å². The minimum Gasteiger partial charge on any atom is -0.398 e. The van der Waals surface area contributed by atoms with Crippen molar-refractivity contribution in [1.29, 1.82) is 0 Å². The third-order valence-electron chi connectivity index (χ3n) is 2.72. The Morgan fingerprint density at radius 3 is 2.73 bits per heavy atom. The van der Waals surface area contributed by atoms with Crippen LogP contribution < -0.4 is 10.0 Å². The molecule has 5 heteroatoms. The van der Waals surface area contributed by atoms with E-state index in [0.29, 0.717) is 24.3 Å². The second kappa shape index (κ2) is 3.41. The molecular formula is C10H14N2O2S. The SMILES string of the molecule is Cc1c(N)cccc1N1CCCS1(=O)=O. The van der Waals surface area contributed by atoms with E-state index in [1.165, 1.54) is 4.31 Å². The number of nitrogens with two attached hydrogens (primary N) is 1. The number of anilines is 2. The number of benzene rings is 1. The predicted molar refractivity (Wildman–Crippen MR) is 61.3 cm³/mol. The van der Waals surface area contributed by atoms with Crippen LogP contribution in [0.5, 0.6) is 0 Å². The van der Waals surface area contributed by atoms with Crippen LogP contribution in [0.4, 0.5) is 11.4 Å². The highest BCUT2D eigenvalue weighted by Crippen LogP contribution is 2.29. The van der Waals surface area contributed by atoms with Gasteiger partial charge in [0.25, 0.3) is 0 Å². The Bertz CT molecular complexity index is 482. The molecule has 1 aromatic rings. The third kappa shape index (κ3) is 1.67. The molecule has 0 bridgehead atoms. The minimum atomic E-state index is -3.10. The summed E-state index contributed by atoms with van der Waals surface area (Å²) in [5.41, 5.74) is 7.94. The fraction of sp³-hybridized carbons (Fsp3) is 0.400. The molecule has 1 aliphatic rings. The predicted octanol–water partition coefficient (Wildman–Crippen LogP) is 1.12. The Morgan fingerprint density at radius 1 is 1.40 bits per heavy atom. The van der Waals surface area contributed by atoms with Crippen molar-refractivity contribution in [2.24, 2.45) is 0 Å². The van der Waals surface area contributed by atoms with E-state index in [1.807, 2.05) is 6.92 Å². The number of nitrogen functional groups attached to an aromatic ring is 1. The zero-order valence-electron chi connectivity index (χ0n) is 8.60. The summed E-state index contributed by atoms with van der Waals surface area (Å²) in [5, 5.41) is 0. The Balaban J connectivity index is 2.51. The molecule has 0 saturated carbocycles. The number of sulfonamides is 1. The molecular weight excluding hydrogens is 212 g/mol. The molecule has 0 aliphatic carbocycles. The first-order valence-corrected chi connectivity index (χ1v) is 6.49. The standard InChI is InChI=1S/C10H14N2O2S/c1-8-9(11)4-2-5-10(8)12-6-3-7-15(12,13)14/h2,4-5H,3,6-7,11H2,1H3. The van der Waals surface area contributed by atoms with Crippen molar-refractivity contribution in [3.63, 3.8) is 0 Å². The topological polar surface area (TPSA) is 63.4 Å². The Hall–Kier alpha value is -1.23. The van der Waals surface area contributed by atoms with E-state index in [-0.39, 0.29) is 5.75 Å². The largest absolute Gasteiger partial charge is 0.398 e. The molecule has 1 aliphatic heterocycles. The van der Waals surface area contributed by atoms with Crippen molar-refractivity contribution in [3.8, 4) is 0 Å². The van der Waals surface area contributed by atoms with Gasteiger partial charge in [-0.25, -0.2) is 8.42 Å². The summed E-state index contributed by atoms with van der Waals surface area (Å²) in [7, 11) is -3.10. The van der Waals surface area contributed by atoms with Crippen molar-refractivity contribution in [2.75, 3.05) is 22.3 Å². The van der Waals surface area contributed by atoms with Crippen LogP contribution in [-0.4, -0.2) is 20.7 Å². The van der Waals surface area contributed by atoms with E-state index in [2.05, 4.69) is 0 Å². The highest BCUT2D eigenvalue weighted by atomic mass is 32.2. The lowest BCUT2D eigenvalue weighted by atomic mass is 10.1. The van der Waals surface area contributed by atoms with Crippen molar-refractivity contribution >= 4 is 21.4 Å². The molecule has 0 amide bonds. The normalized spacial score (nSPS) is 19.4. The zero-order valence-corrected chi connectivity index (χ0v) is 9.42. The molecule has 1 saturated heterocycles. The quantitative estimate of drug-likeness (QED) is 0.730. The van der Waals surface area contributed by atoms with E-state index >= 15 is 0 Å². The lowest BCUT2D eigenvalue weighted by molar-refractivity contribution is 0.599. The molecule has 1 fully saturated rings. The van der Waals surface area contributed by atoms with E-state index < -0.39 is 10.0 Å². The van der Waals surface area contributed by atoms with Crippen molar-refractivity contribution in [1.82, 2.24) is 0 Å². The fourth-order valence-corrected chi connectivity index (χ4v) is 3.44. The molecule has 15 heavy (non-hydrogen) atoms. The minimum absolute atomic E-state index is 0.237. The lowest BCUT2D eigenvalue weighted by Crippen LogP contribution is -2.26. The molecule has 1 aromatic carbocycles. The summed E-state index contributed by atoms with van der Waals surface area (Å²) >= 11 is 0. The first kappa shape index (κ1) is 10.3. The lowest BCUT2D eigenvalue weighted by Gasteiger charge is -2.19. The summed E-state index contributed by atoms with van der Waals surface area (Å²) < 4.78 is 24.9. The van der Waals surface area contributed by atoms with Gasteiger partial charge in [-0.05, 0) is 31.0 Å². The van der Waals surface area contributed by atoms with Crippen LogP contribution in [0.3, 0.4) is 0 Å². The van der Waals surface area contributed by atoms with Gasteiger partial charge in [0.05, 0.1) is 11.4 Å². The summed E-state index contributed by atoms with van der Waals surface area (Å²) in [5.74, 6) is 0.237. The maximum Gasteiger partial charge on any atom is 0.235 e. The first-order valence-electron chi connectivity index (χ1n) is 4.88. The molecule has 0 radical (unpaired) electrons. The van der Waals surface area contributed by atoms with Crippen LogP contribution in [0.2, 0.25) is 0 Å². The summed E-state index contributed by atoms with van der Waals surface area (Å²) in [6.45, 7) is 2.41.